The van der Waals surface area contributed by atoms with Crippen LogP contribution in [0.3, 0.4) is 0 Å². The number of alkyl halides is 3. The van der Waals surface area contributed by atoms with E-state index in [0.29, 0.717) is 5.56 Å². The van der Waals surface area contributed by atoms with Crippen molar-refractivity contribution in [1.29, 1.82) is 0 Å². The minimum Gasteiger partial charge on any atom is -0.394 e. The fraction of sp³-hybridized carbons (Fsp3) is 0.533. The normalized spacial score (nSPS) is 30.1. The highest BCUT2D eigenvalue weighted by molar-refractivity contribution is 5.82. The predicted molar refractivity (Wildman–Crippen MR) is 77.0 cm³/mol. The summed E-state index contributed by atoms with van der Waals surface area (Å²) in [5.74, 6) is -2.30. The van der Waals surface area contributed by atoms with Gasteiger partial charge >= 0.3 is 12.1 Å². The topological polar surface area (TPSA) is 108 Å². The molecular weight excluding hydrogens is 347 g/mol. The Bertz CT molecular complexity index is 570. The summed E-state index contributed by atoms with van der Waals surface area (Å²) in [6, 6.07) is 6.92. The molecule has 0 aromatic heterocycles. The lowest BCUT2D eigenvalue weighted by atomic mass is 9.97. The summed E-state index contributed by atoms with van der Waals surface area (Å²) in [6.07, 6.45) is -11.5. The molecule has 25 heavy (non-hydrogen) atoms. The van der Waals surface area contributed by atoms with Gasteiger partial charge < -0.3 is 30.1 Å². The summed E-state index contributed by atoms with van der Waals surface area (Å²) in [6.45, 7) is -0.770. The highest BCUT2D eigenvalue weighted by atomic mass is 19.4. The molecule has 1 aliphatic rings. The summed E-state index contributed by atoms with van der Waals surface area (Å²) in [5.41, 5.74) is 0.674. The fourth-order valence-electron chi connectivity index (χ4n) is 2.36. The van der Waals surface area contributed by atoms with Gasteiger partial charge in [0.05, 0.1) is 13.2 Å². The Morgan fingerprint density at radius 3 is 2.40 bits per heavy atom. The molecule has 1 aliphatic heterocycles. The minimum atomic E-state index is -5.18. The number of amides is 1. The van der Waals surface area contributed by atoms with Gasteiger partial charge in [0.25, 0.3) is 0 Å². The van der Waals surface area contributed by atoms with Gasteiger partial charge in [-0.25, -0.2) is 0 Å². The Labute approximate surface area is 141 Å². The highest BCUT2D eigenvalue weighted by Crippen LogP contribution is 2.24. The molecule has 7 nitrogen and oxygen atoms in total. The first-order valence-corrected chi connectivity index (χ1v) is 7.39. The van der Waals surface area contributed by atoms with Crippen LogP contribution in [0.1, 0.15) is 5.56 Å². The largest absolute Gasteiger partial charge is 0.471 e. The maximum atomic E-state index is 12.5. The molecule has 1 amide bonds. The van der Waals surface area contributed by atoms with E-state index in [1.165, 1.54) is 0 Å². The van der Waals surface area contributed by atoms with Gasteiger partial charge in [0.1, 0.15) is 24.4 Å². The van der Waals surface area contributed by atoms with Crippen LogP contribution in [0.15, 0.2) is 30.3 Å². The molecule has 5 atom stereocenters. The first kappa shape index (κ1) is 19.6. The van der Waals surface area contributed by atoms with E-state index in [-0.39, 0.29) is 6.61 Å². The lowest BCUT2D eigenvalue weighted by Crippen LogP contribution is -2.65. The number of aliphatic hydroxyl groups excluding tert-OH is 3. The van der Waals surface area contributed by atoms with Crippen molar-refractivity contribution in [2.45, 2.75) is 43.4 Å². The van der Waals surface area contributed by atoms with E-state index in [1.54, 1.807) is 35.6 Å². The van der Waals surface area contributed by atoms with E-state index in [4.69, 9.17) is 14.6 Å². The maximum absolute atomic E-state index is 12.5. The monoisotopic (exact) mass is 365 g/mol. The molecule has 0 bridgehead atoms. The lowest BCUT2D eigenvalue weighted by Gasteiger charge is -2.42. The van der Waals surface area contributed by atoms with Crippen LogP contribution in [0.4, 0.5) is 13.2 Å². The van der Waals surface area contributed by atoms with Gasteiger partial charge in [-0.05, 0) is 5.56 Å². The molecule has 1 saturated heterocycles. The van der Waals surface area contributed by atoms with Crippen LogP contribution in [0.5, 0.6) is 0 Å². The number of hydrogen-bond acceptors (Lipinski definition) is 6. The molecule has 2 rings (SSSR count). The van der Waals surface area contributed by atoms with Crippen LogP contribution >= 0.6 is 0 Å². The molecule has 0 unspecified atom stereocenters. The van der Waals surface area contributed by atoms with E-state index in [1.807, 2.05) is 0 Å². The second-order valence-electron chi connectivity index (χ2n) is 5.50. The lowest BCUT2D eigenvalue weighted by molar-refractivity contribution is -0.275. The van der Waals surface area contributed by atoms with Crippen molar-refractivity contribution in [1.82, 2.24) is 5.32 Å². The molecule has 140 valence electrons. The zero-order valence-corrected chi connectivity index (χ0v) is 12.9. The smallest absolute Gasteiger partial charge is 0.394 e. The zero-order valence-electron chi connectivity index (χ0n) is 12.9. The standard InChI is InChI=1S/C15H18F3NO6/c16-15(17,18)14(23)19-10-12(22)11(21)9(6-20)25-13(10)24-7-8-4-2-1-3-5-8/h1-5,9-13,20-22H,6-7H2,(H,19,23)/t9-,10-,11-,12+,13-/m1/s1. The Morgan fingerprint density at radius 2 is 1.84 bits per heavy atom. The van der Waals surface area contributed by atoms with Crippen molar-refractivity contribution >= 4 is 5.91 Å². The molecule has 0 aliphatic carbocycles. The number of aliphatic hydroxyl groups is 3. The van der Waals surface area contributed by atoms with E-state index < -0.39 is 49.3 Å². The van der Waals surface area contributed by atoms with Gasteiger partial charge in [-0.15, -0.1) is 0 Å². The SMILES string of the molecule is O=C(N[C@H]1[C@H](OCc2ccccc2)O[C@H](CO)[C@@H](O)[C@H]1O)C(F)(F)F. The number of halogens is 3. The van der Waals surface area contributed by atoms with Gasteiger partial charge in [0, 0.05) is 0 Å². The van der Waals surface area contributed by atoms with Crippen molar-refractivity contribution in [3.05, 3.63) is 35.9 Å². The molecule has 1 heterocycles. The fourth-order valence-corrected chi connectivity index (χ4v) is 2.36. The molecule has 4 N–H and O–H groups in total. The third kappa shape index (κ3) is 4.89. The summed E-state index contributed by atoms with van der Waals surface area (Å²) in [4.78, 5) is 11.2. The van der Waals surface area contributed by atoms with Crippen LogP contribution in [-0.4, -0.2) is 64.7 Å². The van der Waals surface area contributed by atoms with E-state index in [9.17, 15) is 28.2 Å². The first-order valence-electron chi connectivity index (χ1n) is 7.39. The number of hydrogen-bond donors (Lipinski definition) is 4. The number of benzene rings is 1. The number of carbonyl (C=O) groups excluding carboxylic acids is 1. The molecule has 10 heteroatoms. The first-order chi connectivity index (χ1) is 11.7. The Kier molecular flexibility index (Phi) is 6.36. The van der Waals surface area contributed by atoms with Crippen LogP contribution < -0.4 is 5.32 Å². The number of rotatable bonds is 5. The van der Waals surface area contributed by atoms with Crippen molar-refractivity contribution < 1.29 is 42.8 Å². The summed E-state index contributed by atoms with van der Waals surface area (Å²) in [7, 11) is 0. The van der Waals surface area contributed by atoms with Crippen LogP contribution in [0.2, 0.25) is 0 Å². The van der Waals surface area contributed by atoms with Gasteiger partial charge in [0.15, 0.2) is 6.29 Å². The average molecular weight is 365 g/mol. The van der Waals surface area contributed by atoms with Gasteiger partial charge in [-0.2, -0.15) is 13.2 Å². The highest BCUT2D eigenvalue weighted by Gasteiger charge is 2.49. The minimum absolute atomic E-state index is 0.0785. The van der Waals surface area contributed by atoms with Crippen LogP contribution in [-0.2, 0) is 20.9 Å². The van der Waals surface area contributed by atoms with Crippen molar-refractivity contribution in [3.8, 4) is 0 Å². The maximum Gasteiger partial charge on any atom is 0.471 e. The zero-order chi connectivity index (χ0) is 18.6. The number of carbonyl (C=O) groups is 1. The second-order valence-corrected chi connectivity index (χ2v) is 5.50. The number of nitrogens with one attached hydrogen (secondary N) is 1. The Hall–Kier alpha value is -1.72. The van der Waals surface area contributed by atoms with E-state index >= 15 is 0 Å². The third-order valence-corrected chi connectivity index (χ3v) is 3.69. The van der Waals surface area contributed by atoms with Crippen molar-refractivity contribution in [2.24, 2.45) is 0 Å². The van der Waals surface area contributed by atoms with E-state index in [0.717, 1.165) is 0 Å². The number of ether oxygens (including phenoxy) is 2. The Morgan fingerprint density at radius 1 is 1.20 bits per heavy atom. The van der Waals surface area contributed by atoms with E-state index in [2.05, 4.69) is 0 Å². The van der Waals surface area contributed by atoms with Gasteiger partial charge in [-0.1, -0.05) is 30.3 Å². The van der Waals surface area contributed by atoms with Gasteiger partial charge in [0.2, 0.25) is 0 Å². The molecule has 1 fully saturated rings. The van der Waals surface area contributed by atoms with Crippen LogP contribution in [0.25, 0.3) is 0 Å². The molecule has 0 radical (unpaired) electrons. The Balaban J connectivity index is 2.13. The molecule has 0 spiro atoms. The molecular formula is C15H18F3NO6. The summed E-state index contributed by atoms with van der Waals surface area (Å²) in [5, 5.41) is 30.5. The molecule has 1 aromatic carbocycles. The third-order valence-electron chi connectivity index (χ3n) is 3.69. The average Bonchev–Trinajstić information content (AvgIpc) is 2.58. The molecule has 1 aromatic rings. The summed E-state index contributed by atoms with van der Waals surface area (Å²) >= 11 is 0. The second kappa shape index (κ2) is 8.11. The van der Waals surface area contributed by atoms with Crippen LogP contribution in [0, 0.1) is 0 Å². The van der Waals surface area contributed by atoms with Crippen molar-refractivity contribution in [2.75, 3.05) is 6.61 Å². The predicted octanol–water partition coefficient (Wildman–Crippen LogP) is -0.311. The summed E-state index contributed by atoms with van der Waals surface area (Å²) < 4.78 is 48.0. The molecule has 0 saturated carbocycles. The quantitative estimate of drug-likeness (QED) is 0.570. The van der Waals surface area contributed by atoms with Gasteiger partial charge in [-0.3, -0.25) is 4.79 Å². The van der Waals surface area contributed by atoms with Crippen molar-refractivity contribution in [3.63, 3.8) is 0 Å².